The van der Waals surface area contributed by atoms with Gasteiger partial charge in [0.2, 0.25) is 0 Å². The molecule has 6 rings (SSSR count). The number of aryl methyl sites for hydroxylation is 2. The van der Waals surface area contributed by atoms with Gasteiger partial charge in [0.05, 0.1) is 0 Å². The van der Waals surface area contributed by atoms with Crippen LogP contribution in [0.4, 0.5) is 0 Å². The molecule has 6 aromatic rings. The predicted octanol–water partition coefficient (Wildman–Crippen LogP) is 3.34. The molecule has 0 bridgehead atoms. The van der Waals surface area contributed by atoms with Crippen LogP contribution in [0.15, 0.2) is 97.1 Å². The van der Waals surface area contributed by atoms with Crippen molar-refractivity contribution in [3.8, 4) is 0 Å². The third-order valence-electron chi connectivity index (χ3n) is 6.08. The van der Waals surface area contributed by atoms with Gasteiger partial charge in [0.1, 0.15) is 0 Å². The molecule has 0 nitrogen and oxygen atoms in total. The number of hydrogen-bond donors (Lipinski definition) is 0. The molecule has 0 unspecified atom stereocenters. The molecule has 0 aliphatic rings. The Hall–Kier alpha value is -1.70. The van der Waals surface area contributed by atoms with E-state index < -0.39 is 0 Å². The molecule has 184 valence electrons. The first-order valence-corrected chi connectivity index (χ1v) is 18.3. The summed E-state index contributed by atoms with van der Waals surface area (Å²) in [6, 6.07) is 35.4. The van der Waals surface area contributed by atoms with Crippen LogP contribution in [-0.2, 0) is 36.2 Å². The Balaban J connectivity index is 0.000000211. The third kappa shape index (κ3) is 7.65. The SMILES string of the molecule is CCc1cc2cc3ccccc3cc2[cH-]1.CCc1cc2cc3ccccc3cc2[cH-]1.C[Si](C)=[Zr+2].[Cl-].[Cl-]. The number of rotatable bonds is 2. The Morgan fingerprint density at radius 2 is 0.861 bits per heavy atom. The molecule has 0 saturated heterocycles. The number of fused-ring (bicyclic) bond motifs is 4. The van der Waals surface area contributed by atoms with Gasteiger partial charge in [-0.3, -0.25) is 0 Å². The molecule has 0 saturated carbocycles. The molecule has 6 aromatic carbocycles. The Morgan fingerprint density at radius 3 is 1.17 bits per heavy atom. The Morgan fingerprint density at radius 1 is 0.556 bits per heavy atom. The molecule has 0 aromatic heterocycles. The Labute approximate surface area is 243 Å². The van der Waals surface area contributed by atoms with Gasteiger partial charge in [-0.1, -0.05) is 85.3 Å². The van der Waals surface area contributed by atoms with E-state index in [0.29, 0.717) is 0 Å². The minimum atomic E-state index is 0. The summed E-state index contributed by atoms with van der Waals surface area (Å²) in [6.07, 6.45) is 2.23. The summed E-state index contributed by atoms with van der Waals surface area (Å²) in [5, 5.41) is 10.8. The smallest absolute Gasteiger partial charge is 1.00 e. The molecule has 0 atom stereocenters. The summed E-state index contributed by atoms with van der Waals surface area (Å²) in [7, 11) is 0. The summed E-state index contributed by atoms with van der Waals surface area (Å²) in [5.74, 6) is 0. The monoisotopic (exact) mass is 604 g/mol. The molecule has 0 aliphatic carbocycles. The minimum absolute atomic E-state index is 0. The molecule has 0 fully saturated rings. The second kappa shape index (κ2) is 14.3. The Bertz CT molecular complexity index is 1350. The standard InChI is InChI=1S/2C15H13.C2H6Si.2ClH.Zr/c2*1-2-11-7-14-9-12-5-3-4-6-13(12)10-15(14)8-11;1-3-2;;;/h2*3-10H,2H2,1H3;1-2H3;2*1H;/q2*-1;;;;+2/p-2. The van der Waals surface area contributed by atoms with Crippen LogP contribution in [0.2, 0.25) is 13.1 Å². The first-order valence-electron chi connectivity index (χ1n) is 12.1. The van der Waals surface area contributed by atoms with E-state index >= 15 is 0 Å². The van der Waals surface area contributed by atoms with Gasteiger partial charge in [-0.25, -0.2) is 0 Å². The number of halogens is 2. The predicted molar refractivity (Wildman–Crippen MR) is 150 cm³/mol. The molecule has 0 aliphatic heterocycles. The molecule has 0 heterocycles. The fourth-order valence-electron chi connectivity index (χ4n) is 4.34. The van der Waals surface area contributed by atoms with Crippen molar-refractivity contribution in [2.75, 3.05) is 0 Å². The van der Waals surface area contributed by atoms with Gasteiger partial charge in [-0.15, -0.1) is 56.9 Å². The van der Waals surface area contributed by atoms with Crippen molar-refractivity contribution in [3.63, 3.8) is 0 Å². The number of hydrogen-bond acceptors (Lipinski definition) is 0. The van der Waals surface area contributed by atoms with Crippen LogP contribution in [0.5, 0.6) is 0 Å². The second-order valence-corrected chi connectivity index (χ2v) is 18.5. The second-order valence-electron chi connectivity index (χ2n) is 9.09. The summed E-state index contributed by atoms with van der Waals surface area (Å²) < 4.78 is 0. The van der Waals surface area contributed by atoms with Gasteiger partial charge in [-0.05, 0) is 23.6 Å². The van der Waals surface area contributed by atoms with Gasteiger partial charge in [0, 0.05) is 0 Å². The van der Waals surface area contributed by atoms with E-state index in [1.54, 1.807) is 23.3 Å². The first-order chi connectivity index (χ1) is 16.5. The molecule has 0 spiro atoms. The largest absolute Gasteiger partial charge is 1.00 e. The fraction of sp³-hybridized carbons (Fsp3) is 0.188. The zero-order valence-electron chi connectivity index (χ0n) is 21.4. The van der Waals surface area contributed by atoms with E-state index in [0.717, 1.165) is 12.8 Å². The van der Waals surface area contributed by atoms with Crippen molar-refractivity contribution in [1.82, 2.24) is 0 Å². The maximum Gasteiger partial charge on any atom is -1.00 e. The molecular weight excluding hydrogens is 575 g/mol. The van der Waals surface area contributed by atoms with E-state index in [4.69, 9.17) is 0 Å². The van der Waals surface area contributed by atoms with E-state index in [9.17, 15) is 0 Å². The van der Waals surface area contributed by atoms with E-state index in [2.05, 4.69) is 124 Å². The third-order valence-corrected chi connectivity index (χ3v) is 6.08. The summed E-state index contributed by atoms with van der Waals surface area (Å²) in [6.45, 7) is 9.02. The first kappa shape index (κ1) is 30.5. The zero-order chi connectivity index (χ0) is 24.1. The van der Waals surface area contributed by atoms with E-state index in [-0.39, 0.29) is 30.2 Å². The molecular formula is C32H32Cl2SiZr-2. The van der Waals surface area contributed by atoms with Crippen LogP contribution < -0.4 is 24.8 Å². The van der Waals surface area contributed by atoms with Crippen molar-refractivity contribution >= 4 is 48.5 Å². The maximum atomic E-state index is 2.31. The van der Waals surface area contributed by atoms with Crippen LogP contribution in [0.1, 0.15) is 25.0 Å². The molecule has 4 heteroatoms. The van der Waals surface area contributed by atoms with Crippen molar-refractivity contribution < 1.29 is 48.1 Å². The average Bonchev–Trinajstić information content (AvgIpc) is 3.43. The summed E-state index contributed by atoms with van der Waals surface area (Å²) in [5.41, 5.74) is 3.07. The van der Waals surface area contributed by atoms with Crippen LogP contribution >= 0.6 is 0 Å². The maximum absolute atomic E-state index is 2.31. The van der Waals surface area contributed by atoms with Gasteiger partial charge < -0.3 is 24.8 Å². The zero-order valence-corrected chi connectivity index (χ0v) is 26.4. The van der Waals surface area contributed by atoms with Crippen molar-refractivity contribution in [2.24, 2.45) is 0 Å². The van der Waals surface area contributed by atoms with Crippen molar-refractivity contribution in [1.29, 1.82) is 0 Å². The average molecular weight is 607 g/mol. The number of benzene rings is 4. The van der Waals surface area contributed by atoms with Gasteiger partial charge in [0.15, 0.2) is 0 Å². The summed E-state index contributed by atoms with van der Waals surface area (Å²) >= 11 is 1.74. The van der Waals surface area contributed by atoms with E-state index in [1.807, 2.05) is 0 Å². The Kier molecular flexibility index (Phi) is 12.1. The van der Waals surface area contributed by atoms with Gasteiger partial charge in [-0.2, -0.15) is 12.1 Å². The minimum Gasteiger partial charge on any atom is -1.00 e. The topological polar surface area (TPSA) is 0 Å². The molecule has 0 amide bonds. The van der Waals surface area contributed by atoms with E-state index in [1.165, 1.54) is 54.2 Å². The summed E-state index contributed by atoms with van der Waals surface area (Å²) in [4.78, 5) is 0. The normalized spacial score (nSPS) is 10.2. The fourth-order valence-corrected chi connectivity index (χ4v) is 4.34. The van der Waals surface area contributed by atoms with Crippen LogP contribution in [-0.4, -0.2) is 5.43 Å². The molecule has 36 heavy (non-hydrogen) atoms. The van der Waals surface area contributed by atoms with Gasteiger partial charge in [0.25, 0.3) is 0 Å². The van der Waals surface area contributed by atoms with Crippen LogP contribution in [0.25, 0.3) is 43.1 Å². The molecule has 0 N–H and O–H groups in total. The molecule has 0 radical (unpaired) electrons. The quantitative estimate of drug-likeness (QED) is 0.210. The van der Waals surface area contributed by atoms with Crippen molar-refractivity contribution in [3.05, 3.63) is 108 Å². The van der Waals surface area contributed by atoms with Gasteiger partial charge >= 0.3 is 41.9 Å². The van der Waals surface area contributed by atoms with Crippen molar-refractivity contribution in [2.45, 2.75) is 39.8 Å². The van der Waals surface area contributed by atoms with Crippen LogP contribution in [0.3, 0.4) is 0 Å². The van der Waals surface area contributed by atoms with Crippen LogP contribution in [0, 0.1) is 0 Å².